The molecule has 7 heterocycles. The Bertz CT molecular complexity index is 2520. The zero-order valence-electron chi connectivity index (χ0n) is 30.7. The molecule has 3 fully saturated rings. The second-order valence-electron chi connectivity index (χ2n) is 14.0. The Labute approximate surface area is 342 Å². The fourth-order valence-electron chi connectivity index (χ4n) is 6.66. The fourth-order valence-corrected chi connectivity index (χ4v) is 9.67. The molecule has 1 aromatic carbocycles. The number of amides is 1. The molecule has 0 saturated carbocycles. The molecule has 0 radical (unpaired) electrons. The van der Waals surface area contributed by atoms with Gasteiger partial charge in [0.25, 0.3) is 11.5 Å². The van der Waals surface area contributed by atoms with Crippen LogP contribution in [0.3, 0.4) is 0 Å². The molecule has 4 N–H and O–H groups in total. The average Bonchev–Trinajstić information content (AvgIpc) is 3.96. The van der Waals surface area contributed by atoms with Gasteiger partial charge < -0.3 is 29.7 Å². The van der Waals surface area contributed by atoms with E-state index in [2.05, 4.69) is 65.0 Å². The first-order chi connectivity index (χ1) is 28.1. The fraction of sp³-hybridized carbons (Fsp3) is 0.469. The summed E-state index contributed by atoms with van der Waals surface area (Å²) in [6.07, 6.45) is -11.4. The highest BCUT2D eigenvalue weighted by Crippen LogP contribution is 2.60. The molecule has 8 rings (SSSR count). The Balaban J connectivity index is 1.03. The van der Waals surface area contributed by atoms with Crippen molar-refractivity contribution in [1.29, 1.82) is 0 Å². The van der Waals surface area contributed by atoms with Gasteiger partial charge in [0.2, 0.25) is 5.95 Å². The minimum Gasteiger partial charge on any atom is -0.373 e. The molecule has 5 aromatic rings. The van der Waals surface area contributed by atoms with Crippen LogP contribution >= 0.6 is 38.1 Å². The molecular weight excluding hydrogens is 864 g/mol. The van der Waals surface area contributed by atoms with E-state index in [4.69, 9.17) is 27.6 Å². The van der Waals surface area contributed by atoms with Gasteiger partial charge in [-0.05, 0) is 18.1 Å². The minimum atomic E-state index is -4.54. The maximum absolute atomic E-state index is 16.5. The predicted octanol–water partition coefficient (Wildman–Crippen LogP) is 4.35. The zero-order valence-corrected chi connectivity index (χ0v) is 34.3. The number of H-pyrrole nitrogens is 1. The van der Waals surface area contributed by atoms with Crippen LogP contribution in [0, 0.1) is 5.92 Å². The Morgan fingerprint density at radius 1 is 0.915 bits per heavy atom. The van der Waals surface area contributed by atoms with Crippen molar-refractivity contribution in [1.82, 2.24) is 39.0 Å². The van der Waals surface area contributed by atoms with Crippen LogP contribution in [-0.2, 0) is 36.7 Å². The van der Waals surface area contributed by atoms with E-state index in [1.165, 1.54) is 10.9 Å². The van der Waals surface area contributed by atoms with Gasteiger partial charge in [0.05, 0.1) is 32.0 Å². The van der Waals surface area contributed by atoms with Crippen molar-refractivity contribution in [2.24, 2.45) is 5.92 Å². The normalized spacial score (nSPS) is 32.2. The van der Waals surface area contributed by atoms with Crippen LogP contribution in [0.15, 0.2) is 54.1 Å². The topological polar surface area (TPSA) is 258 Å². The number of aliphatic hydroxyl groups excluding tert-OH is 1. The number of anilines is 2. The lowest BCUT2D eigenvalue weighted by atomic mass is 10.1. The maximum atomic E-state index is 16.5. The van der Waals surface area contributed by atoms with Gasteiger partial charge >= 0.3 is 13.6 Å². The van der Waals surface area contributed by atoms with Crippen molar-refractivity contribution in [3.63, 3.8) is 0 Å². The zero-order chi connectivity index (χ0) is 41.8. The number of rotatable bonds is 7. The number of carbonyl (C=O) groups excluding carboxylic acids is 1. The van der Waals surface area contributed by atoms with Gasteiger partial charge in [-0.1, -0.05) is 56.5 Å². The van der Waals surface area contributed by atoms with E-state index < -0.39 is 93.7 Å². The number of nitrogens with zero attached hydrogens (tertiary/aromatic N) is 7. The number of imidazole rings is 2. The molecule has 0 spiro atoms. The number of thiol groups is 2. The van der Waals surface area contributed by atoms with Gasteiger partial charge in [-0.3, -0.25) is 37.3 Å². The second kappa shape index (κ2) is 16.5. The van der Waals surface area contributed by atoms with Gasteiger partial charge in [-0.2, -0.15) is 4.98 Å². The summed E-state index contributed by atoms with van der Waals surface area (Å²) in [6.45, 7) is -6.74. The first kappa shape index (κ1) is 41.8. The van der Waals surface area contributed by atoms with Crippen LogP contribution in [-0.4, -0.2) is 106 Å². The molecule has 0 bridgehead atoms. The van der Waals surface area contributed by atoms with Gasteiger partial charge in [0.1, 0.15) is 30.9 Å². The molecule has 4 aromatic heterocycles. The third-order valence-electron chi connectivity index (χ3n) is 9.63. The first-order valence-electron chi connectivity index (χ1n) is 17.9. The lowest BCUT2D eigenvalue weighted by Gasteiger charge is -2.24. The van der Waals surface area contributed by atoms with E-state index in [1.807, 2.05) is 0 Å². The highest BCUT2D eigenvalue weighted by atomic mass is 32.7. The summed E-state index contributed by atoms with van der Waals surface area (Å²) < 4.78 is 96.7. The number of aromatic amines is 1. The van der Waals surface area contributed by atoms with E-state index in [9.17, 15) is 23.8 Å². The molecule has 11 atom stereocenters. The number of nitrogens with one attached hydrogen (secondary N) is 3. The van der Waals surface area contributed by atoms with Crippen LogP contribution in [0.25, 0.3) is 22.3 Å². The number of ether oxygens (including phenoxy) is 2. The Kier molecular flexibility index (Phi) is 11.7. The number of hydrogen-bond acceptors (Lipinski definition) is 17. The third kappa shape index (κ3) is 8.55. The van der Waals surface area contributed by atoms with Gasteiger partial charge in [0, 0.05) is 12.0 Å². The predicted molar refractivity (Wildman–Crippen MR) is 209 cm³/mol. The van der Waals surface area contributed by atoms with E-state index >= 15 is 8.78 Å². The van der Waals surface area contributed by atoms with Crippen LogP contribution in [0.1, 0.15) is 43.1 Å². The van der Waals surface area contributed by atoms with Crippen LogP contribution < -0.4 is 16.2 Å². The van der Waals surface area contributed by atoms with Crippen LogP contribution in [0.5, 0.6) is 0 Å². The standard InChI is InChI=1S/C32H36F2N10O11P2S2/c1-14(2)27(45)41-32-40-26-21(29(47)42-32)38-13-44(26)31-19(34)23-17(53-31)10-51-57(49,59)54-22-16(8-9-50-56(48,58)55-23)52-30(18(22)33)43-12-37-20-24(35-11-36-25(20)43)39-28(46)15-6-4-3-5-7-15/h3-7,11-14,16-19,22-23,27,30-31,45H,8-10H2,1-2H3,(H,48,58)(H,49,59)(H,35,36,39,46)(H2,40,41,42,47)/t16-,17-,18-,19-,22-,23-,27?,30-,31-,56-,57-/m1/s1. The van der Waals surface area contributed by atoms with E-state index in [0.29, 0.717) is 5.56 Å². The average molecular weight is 901 g/mol. The molecule has 1 unspecified atom stereocenters. The maximum Gasteiger partial charge on any atom is 0.386 e. The molecule has 316 valence electrons. The number of carbonyl (C=O) groups is 1. The number of fused-ring (bicyclic) bond motifs is 4. The van der Waals surface area contributed by atoms with Crippen molar-refractivity contribution >= 4 is 78.1 Å². The molecule has 0 aliphatic carbocycles. The summed E-state index contributed by atoms with van der Waals surface area (Å²) in [7, 11) is 0. The number of aromatic nitrogens is 8. The molecule has 27 heteroatoms. The Morgan fingerprint density at radius 2 is 1.54 bits per heavy atom. The Hall–Kier alpha value is -3.87. The number of hydrogen-bond donors (Lipinski definition) is 6. The quantitative estimate of drug-likeness (QED) is 0.0754. The van der Waals surface area contributed by atoms with Crippen molar-refractivity contribution in [2.75, 3.05) is 23.8 Å². The summed E-state index contributed by atoms with van der Waals surface area (Å²) in [5.74, 6) is -0.845. The lowest BCUT2D eigenvalue weighted by molar-refractivity contribution is -0.0423. The number of aliphatic hydroxyl groups is 1. The lowest BCUT2D eigenvalue weighted by Crippen LogP contribution is -2.33. The molecule has 3 aliphatic rings. The van der Waals surface area contributed by atoms with Gasteiger partial charge in [-0.15, -0.1) is 0 Å². The second-order valence-corrected chi connectivity index (χ2v) is 19.7. The van der Waals surface area contributed by atoms with Gasteiger partial charge in [0.15, 0.2) is 52.9 Å². The van der Waals surface area contributed by atoms with Crippen LogP contribution in [0.2, 0.25) is 0 Å². The van der Waals surface area contributed by atoms with E-state index in [1.54, 1.807) is 44.2 Å². The smallest absolute Gasteiger partial charge is 0.373 e. The minimum absolute atomic E-state index is 0.0422. The summed E-state index contributed by atoms with van der Waals surface area (Å²) in [5.41, 5.74) is -0.513. The van der Waals surface area contributed by atoms with E-state index in [-0.39, 0.29) is 46.4 Å². The highest BCUT2D eigenvalue weighted by Gasteiger charge is 2.53. The number of halogens is 2. The summed E-state index contributed by atoms with van der Waals surface area (Å²) in [5, 5.41) is 15.6. The largest absolute Gasteiger partial charge is 0.386 e. The first-order valence-corrected chi connectivity index (χ1v) is 23.3. The molecule has 59 heavy (non-hydrogen) atoms. The number of benzene rings is 1. The molecule has 3 saturated heterocycles. The molecule has 3 aliphatic heterocycles. The summed E-state index contributed by atoms with van der Waals surface area (Å²) >= 11 is 8.12. The highest BCUT2D eigenvalue weighted by molar-refractivity contribution is 8.44. The monoisotopic (exact) mass is 900 g/mol. The van der Waals surface area contributed by atoms with Crippen molar-refractivity contribution in [3.05, 3.63) is 65.2 Å². The Morgan fingerprint density at radius 3 is 2.24 bits per heavy atom. The van der Waals surface area contributed by atoms with Crippen molar-refractivity contribution < 1.29 is 55.4 Å². The van der Waals surface area contributed by atoms with Gasteiger partial charge in [-0.25, -0.2) is 37.8 Å². The van der Waals surface area contributed by atoms with Crippen LogP contribution in [0.4, 0.5) is 20.5 Å². The molecule has 21 nitrogen and oxygen atoms in total. The third-order valence-corrected chi connectivity index (χ3v) is 12.9. The summed E-state index contributed by atoms with van der Waals surface area (Å²) in [4.78, 5) is 49.1. The van der Waals surface area contributed by atoms with Crippen molar-refractivity contribution in [2.45, 2.75) is 75.7 Å². The van der Waals surface area contributed by atoms with Crippen molar-refractivity contribution in [3.8, 4) is 0 Å². The molecular formula is C32H36F2N10O11P2S2. The number of alkyl halides is 2. The van der Waals surface area contributed by atoms with E-state index in [0.717, 1.165) is 17.2 Å². The summed E-state index contributed by atoms with van der Waals surface area (Å²) in [6, 6.07) is 8.35. The SMILES string of the molecule is CC(C)C(O)Nc1nc2c(ncn2[C@@H]2O[C@@H]3CO[P@@](=O)(S)O[C@H]4[C@@H](F)[C@H](n5cnc6c(NC(=O)c7ccccc7)ncnc65)O[C@@H]4CCO[P@@](=O)(S)O[C@H]3[C@H]2F)c(=O)[nH]1. The molecule has 1 amide bonds.